The topological polar surface area (TPSA) is 64.4 Å². The average molecular weight is 344 g/mol. The van der Waals surface area contributed by atoms with Crippen molar-refractivity contribution in [3.8, 4) is 22.6 Å². The molecule has 0 bridgehead atoms. The zero-order valence-corrected chi connectivity index (χ0v) is 13.2. The molecule has 0 amide bonds. The van der Waals surface area contributed by atoms with Gasteiger partial charge in [-0.1, -0.05) is 18.2 Å². The van der Waals surface area contributed by atoms with E-state index in [0.29, 0.717) is 23.7 Å². The number of ether oxygens (including phenoxy) is 1. The molecule has 0 saturated heterocycles. The van der Waals surface area contributed by atoms with Gasteiger partial charge >= 0.3 is 12.1 Å². The number of carboxylic acid groups (broad SMARTS) is 1. The van der Waals surface area contributed by atoms with Gasteiger partial charge in [-0.05, 0) is 35.9 Å². The molecule has 3 rings (SSSR count). The van der Waals surface area contributed by atoms with Gasteiger partial charge in [0.2, 0.25) is 0 Å². The van der Waals surface area contributed by atoms with Gasteiger partial charge in [-0.15, -0.1) is 0 Å². The average Bonchev–Trinajstić information content (AvgIpc) is 3.03. The van der Waals surface area contributed by atoms with Crippen LogP contribution in [0.4, 0.5) is 8.78 Å². The number of halogens is 2. The number of carbonyl (C=O) groups is 1. The summed E-state index contributed by atoms with van der Waals surface area (Å²) < 4.78 is 32.1. The minimum atomic E-state index is -3.26. The van der Waals surface area contributed by atoms with E-state index in [4.69, 9.17) is 5.11 Å². The molecule has 1 aromatic heterocycles. The van der Waals surface area contributed by atoms with Crippen LogP contribution < -0.4 is 4.74 Å². The summed E-state index contributed by atoms with van der Waals surface area (Å²) in [4.78, 5) is 11.1. The van der Waals surface area contributed by atoms with Crippen LogP contribution >= 0.6 is 0 Å². The van der Waals surface area contributed by atoms with E-state index in [1.807, 2.05) is 0 Å². The van der Waals surface area contributed by atoms with Gasteiger partial charge in [-0.25, -0.2) is 9.48 Å². The molecule has 128 valence electrons. The lowest BCUT2D eigenvalue weighted by Gasteiger charge is -2.13. The third kappa shape index (κ3) is 4.00. The normalized spacial score (nSPS) is 11.3. The molecule has 5 nitrogen and oxygen atoms in total. The predicted octanol–water partition coefficient (Wildman–Crippen LogP) is 4.23. The second-order valence-electron chi connectivity index (χ2n) is 5.47. The molecule has 0 spiro atoms. The maximum absolute atomic E-state index is 13.0. The Morgan fingerprint density at radius 1 is 1.16 bits per heavy atom. The standard InChI is InChI=1S/C18H14F2N2O3/c1-18(19,20)25-16-7-3-4-12(9-16)14-10-21-22(11-14)15-6-2-5-13(8-15)17(23)24/h2-11H,1H3,(H,23,24). The quantitative estimate of drug-likeness (QED) is 0.752. The highest BCUT2D eigenvalue weighted by Gasteiger charge is 2.23. The molecule has 0 aliphatic carbocycles. The van der Waals surface area contributed by atoms with E-state index in [1.54, 1.807) is 36.7 Å². The lowest BCUT2D eigenvalue weighted by Crippen LogP contribution is -2.18. The number of hydrogen-bond acceptors (Lipinski definition) is 3. The molecule has 0 fully saturated rings. The summed E-state index contributed by atoms with van der Waals surface area (Å²) in [5, 5.41) is 13.3. The molecule has 1 heterocycles. The van der Waals surface area contributed by atoms with Crippen LogP contribution in [0.15, 0.2) is 60.9 Å². The highest BCUT2D eigenvalue weighted by Crippen LogP contribution is 2.27. The van der Waals surface area contributed by atoms with Crippen molar-refractivity contribution in [2.75, 3.05) is 0 Å². The highest BCUT2D eigenvalue weighted by molar-refractivity contribution is 5.88. The van der Waals surface area contributed by atoms with Gasteiger partial charge in [0.1, 0.15) is 5.75 Å². The molecular weight excluding hydrogens is 330 g/mol. The van der Waals surface area contributed by atoms with Crippen LogP contribution in [0, 0.1) is 0 Å². The molecule has 0 saturated carbocycles. The molecule has 25 heavy (non-hydrogen) atoms. The van der Waals surface area contributed by atoms with Gasteiger partial charge in [0.05, 0.1) is 17.4 Å². The van der Waals surface area contributed by atoms with Gasteiger partial charge in [0, 0.05) is 18.7 Å². The van der Waals surface area contributed by atoms with Gasteiger partial charge < -0.3 is 9.84 Å². The fourth-order valence-corrected chi connectivity index (χ4v) is 2.34. The number of hydrogen-bond donors (Lipinski definition) is 1. The van der Waals surface area contributed by atoms with Crippen molar-refractivity contribution in [2.24, 2.45) is 0 Å². The Bertz CT molecular complexity index is 916. The van der Waals surface area contributed by atoms with E-state index in [1.165, 1.54) is 28.9 Å². The minimum Gasteiger partial charge on any atom is -0.478 e. The van der Waals surface area contributed by atoms with Crippen molar-refractivity contribution >= 4 is 5.97 Å². The SMILES string of the molecule is CC(F)(F)Oc1cccc(-c2cnn(-c3cccc(C(=O)O)c3)c2)c1. The molecule has 7 heteroatoms. The number of benzene rings is 2. The first-order valence-corrected chi connectivity index (χ1v) is 7.37. The van der Waals surface area contributed by atoms with Gasteiger partial charge in [0.25, 0.3) is 0 Å². The van der Waals surface area contributed by atoms with Crippen LogP contribution in [0.5, 0.6) is 5.75 Å². The lowest BCUT2D eigenvalue weighted by molar-refractivity contribution is -0.158. The number of carboxylic acids is 1. The van der Waals surface area contributed by atoms with Crippen LogP contribution in [-0.4, -0.2) is 27.0 Å². The zero-order chi connectivity index (χ0) is 18.0. The van der Waals surface area contributed by atoms with E-state index in [-0.39, 0.29) is 11.3 Å². The van der Waals surface area contributed by atoms with Crippen molar-refractivity contribution in [1.29, 1.82) is 0 Å². The van der Waals surface area contributed by atoms with Crippen molar-refractivity contribution in [3.05, 3.63) is 66.5 Å². The molecule has 0 atom stereocenters. The van der Waals surface area contributed by atoms with Crippen molar-refractivity contribution < 1.29 is 23.4 Å². The number of aromatic carboxylic acids is 1. The van der Waals surface area contributed by atoms with Gasteiger partial charge in [-0.3, -0.25) is 0 Å². The summed E-state index contributed by atoms with van der Waals surface area (Å²) in [5.41, 5.74) is 2.07. The van der Waals surface area contributed by atoms with E-state index in [0.717, 1.165) is 0 Å². The molecule has 2 aromatic carbocycles. The summed E-state index contributed by atoms with van der Waals surface area (Å²) in [5.74, 6) is -0.981. The Balaban J connectivity index is 1.90. The Kier molecular flexibility index (Phi) is 4.22. The monoisotopic (exact) mass is 344 g/mol. The first-order chi connectivity index (χ1) is 11.8. The number of nitrogens with zero attached hydrogens (tertiary/aromatic N) is 2. The predicted molar refractivity (Wildman–Crippen MR) is 87.2 cm³/mol. The smallest absolute Gasteiger partial charge is 0.394 e. The van der Waals surface area contributed by atoms with Gasteiger partial charge in [-0.2, -0.15) is 13.9 Å². The van der Waals surface area contributed by atoms with Crippen LogP contribution in [0.25, 0.3) is 16.8 Å². The number of aromatic nitrogens is 2. The molecule has 3 aromatic rings. The zero-order valence-electron chi connectivity index (χ0n) is 13.2. The molecule has 0 aliphatic heterocycles. The second-order valence-corrected chi connectivity index (χ2v) is 5.47. The Morgan fingerprint density at radius 3 is 2.64 bits per heavy atom. The maximum atomic E-state index is 13.0. The van der Waals surface area contributed by atoms with E-state index in [2.05, 4.69) is 9.84 Å². The summed E-state index contributed by atoms with van der Waals surface area (Å²) >= 11 is 0. The maximum Gasteiger partial charge on any atom is 0.394 e. The van der Waals surface area contributed by atoms with Crippen LogP contribution in [0.1, 0.15) is 17.3 Å². The first kappa shape index (κ1) is 16.6. The number of rotatable bonds is 5. The van der Waals surface area contributed by atoms with Crippen LogP contribution in [0.2, 0.25) is 0 Å². The van der Waals surface area contributed by atoms with Crippen molar-refractivity contribution in [2.45, 2.75) is 13.0 Å². The van der Waals surface area contributed by atoms with E-state index >= 15 is 0 Å². The van der Waals surface area contributed by atoms with Crippen LogP contribution in [-0.2, 0) is 0 Å². The van der Waals surface area contributed by atoms with Gasteiger partial charge in [0.15, 0.2) is 0 Å². The summed E-state index contributed by atoms with van der Waals surface area (Å²) in [6.45, 7) is 0.674. The molecule has 0 radical (unpaired) electrons. The fraction of sp³-hybridized carbons (Fsp3) is 0.111. The Labute approximate surface area is 142 Å². The van der Waals surface area contributed by atoms with Crippen molar-refractivity contribution in [1.82, 2.24) is 9.78 Å². The highest BCUT2D eigenvalue weighted by atomic mass is 19.3. The summed E-state index contributed by atoms with van der Waals surface area (Å²) in [6, 6.07) is 12.6. The Morgan fingerprint density at radius 2 is 1.92 bits per heavy atom. The van der Waals surface area contributed by atoms with E-state index < -0.39 is 12.1 Å². The molecule has 0 unspecified atom stereocenters. The largest absolute Gasteiger partial charge is 0.478 e. The third-order valence-corrected chi connectivity index (χ3v) is 3.40. The van der Waals surface area contributed by atoms with Crippen LogP contribution in [0.3, 0.4) is 0 Å². The third-order valence-electron chi connectivity index (χ3n) is 3.40. The summed E-state index contributed by atoms with van der Waals surface area (Å²) in [6.07, 6.45) is -0.0130. The molecule has 0 aliphatic rings. The lowest BCUT2D eigenvalue weighted by atomic mass is 10.1. The van der Waals surface area contributed by atoms with Crippen molar-refractivity contribution in [3.63, 3.8) is 0 Å². The molecular formula is C18H14F2N2O3. The van der Waals surface area contributed by atoms with E-state index in [9.17, 15) is 13.6 Å². The first-order valence-electron chi connectivity index (χ1n) is 7.37. The minimum absolute atomic E-state index is 0.0469. The summed E-state index contributed by atoms with van der Waals surface area (Å²) in [7, 11) is 0. The Hall–Kier alpha value is -3.22. The molecule has 1 N–H and O–H groups in total. The second kappa shape index (κ2) is 6.35. The fourth-order valence-electron chi connectivity index (χ4n) is 2.34. The number of alkyl halides is 2.